The van der Waals surface area contributed by atoms with Crippen LogP contribution in [0.15, 0.2) is 5.16 Å². The molecule has 6 nitrogen and oxygen atoms in total. The zero-order valence-corrected chi connectivity index (χ0v) is 11.4. The van der Waals surface area contributed by atoms with Crippen molar-refractivity contribution in [2.24, 2.45) is 5.73 Å². The molecule has 0 spiro atoms. The molecule has 1 unspecified atom stereocenters. The van der Waals surface area contributed by atoms with Gasteiger partial charge in [0.15, 0.2) is 5.16 Å². The summed E-state index contributed by atoms with van der Waals surface area (Å²) in [4.78, 5) is 11.9. The van der Waals surface area contributed by atoms with E-state index in [4.69, 9.17) is 5.73 Å². The van der Waals surface area contributed by atoms with E-state index in [0.717, 1.165) is 43.3 Å². The number of nitrogens with two attached hydrogens (primary N) is 1. The van der Waals surface area contributed by atoms with Crippen LogP contribution in [-0.4, -0.2) is 32.5 Å². The Bertz CT molecular complexity index is 420. The molecule has 18 heavy (non-hydrogen) atoms. The van der Waals surface area contributed by atoms with Gasteiger partial charge in [0.05, 0.1) is 11.8 Å². The Morgan fingerprint density at radius 2 is 2.33 bits per heavy atom. The molecule has 1 fully saturated rings. The fraction of sp³-hybridized carbons (Fsp3) is 0.727. The second kappa shape index (κ2) is 6.19. The molecule has 0 saturated carbocycles. The number of rotatable bonds is 4. The third-order valence-corrected chi connectivity index (χ3v) is 4.27. The summed E-state index contributed by atoms with van der Waals surface area (Å²) in [6, 6.07) is 0. The third-order valence-electron chi connectivity index (χ3n) is 3.02. The number of nitrogens with one attached hydrogen (secondary N) is 1. The monoisotopic (exact) mass is 269 g/mol. The number of carbonyl (C=O) groups excluding carboxylic acids is 1. The van der Waals surface area contributed by atoms with Gasteiger partial charge in [-0.3, -0.25) is 4.79 Å². The normalized spacial score (nSPS) is 20.6. The van der Waals surface area contributed by atoms with Crippen molar-refractivity contribution in [1.82, 2.24) is 20.1 Å². The van der Waals surface area contributed by atoms with Gasteiger partial charge in [0, 0.05) is 13.1 Å². The summed E-state index contributed by atoms with van der Waals surface area (Å²) in [5.41, 5.74) is 5.61. The summed E-state index contributed by atoms with van der Waals surface area (Å²) in [5.74, 6) is 0.881. The summed E-state index contributed by atoms with van der Waals surface area (Å²) < 4.78 is 1.98. The molecule has 0 bridgehead atoms. The van der Waals surface area contributed by atoms with E-state index in [-0.39, 0.29) is 11.2 Å². The van der Waals surface area contributed by atoms with E-state index in [9.17, 15) is 4.79 Å². The molecule has 1 aromatic rings. The quantitative estimate of drug-likeness (QED) is 0.832. The van der Waals surface area contributed by atoms with Crippen molar-refractivity contribution < 1.29 is 4.79 Å². The van der Waals surface area contributed by atoms with Crippen LogP contribution in [0.2, 0.25) is 0 Å². The minimum atomic E-state index is -0.0624. The Labute approximate surface area is 111 Å². The van der Waals surface area contributed by atoms with Gasteiger partial charge >= 0.3 is 0 Å². The first-order chi connectivity index (χ1) is 8.76. The highest BCUT2D eigenvalue weighted by Crippen LogP contribution is 2.27. The number of hydrogen-bond donors (Lipinski definition) is 2. The van der Waals surface area contributed by atoms with Gasteiger partial charge in [0.1, 0.15) is 5.82 Å². The number of amides is 1. The minimum absolute atomic E-state index is 0.0624. The Kier molecular flexibility index (Phi) is 4.60. The molecule has 100 valence electrons. The van der Waals surface area contributed by atoms with Crippen molar-refractivity contribution in [3.05, 3.63) is 5.82 Å². The first-order valence-electron chi connectivity index (χ1n) is 6.32. The molecule has 3 N–H and O–H groups in total. The van der Waals surface area contributed by atoms with Gasteiger partial charge in [-0.05, 0) is 19.8 Å². The van der Waals surface area contributed by atoms with E-state index in [1.54, 1.807) is 0 Å². The molecule has 1 amide bonds. The highest BCUT2D eigenvalue weighted by atomic mass is 32.2. The van der Waals surface area contributed by atoms with Crippen LogP contribution in [0.1, 0.15) is 32.0 Å². The predicted octanol–water partition coefficient (Wildman–Crippen LogP) is 0.517. The van der Waals surface area contributed by atoms with Crippen molar-refractivity contribution in [2.75, 3.05) is 6.54 Å². The van der Waals surface area contributed by atoms with Gasteiger partial charge in [0.25, 0.3) is 0 Å². The fourth-order valence-corrected chi connectivity index (χ4v) is 3.20. The molecule has 1 aliphatic rings. The van der Waals surface area contributed by atoms with E-state index < -0.39 is 0 Å². The Morgan fingerprint density at radius 1 is 1.50 bits per heavy atom. The molecule has 0 aromatic carbocycles. The van der Waals surface area contributed by atoms with Gasteiger partial charge < -0.3 is 15.6 Å². The van der Waals surface area contributed by atoms with Crippen LogP contribution in [0, 0.1) is 0 Å². The van der Waals surface area contributed by atoms with Crippen LogP contribution in [0.4, 0.5) is 0 Å². The maximum Gasteiger partial charge on any atom is 0.233 e. The lowest BCUT2D eigenvalue weighted by atomic mass is 10.2. The molecule has 1 aromatic heterocycles. The summed E-state index contributed by atoms with van der Waals surface area (Å²) in [7, 11) is 0. The van der Waals surface area contributed by atoms with E-state index in [1.807, 2.05) is 11.5 Å². The van der Waals surface area contributed by atoms with E-state index in [0.29, 0.717) is 6.54 Å². The van der Waals surface area contributed by atoms with Crippen molar-refractivity contribution in [1.29, 1.82) is 0 Å². The first kappa shape index (κ1) is 13.4. The predicted molar refractivity (Wildman–Crippen MR) is 70.1 cm³/mol. The molecule has 1 aliphatic heterocycles. The highest BCUT2D eigenvalue weighted by Gasteiger charge is 2.24. The van der Waals surface area contributed by atoms with Crippen LogP contribution in [0.25, 0.3) is 0 Å². The number of carbonyl (C=O) groups is 1. The molecule has 0 aliphatic carbocycles. The maximum absolute atomic E-state index is 11.9. The SMILES string of the molecule is CCn1c(CN)nnc1SC1CCCCNC1=O. The van der Waals surface area contributed by atoms with Crippen LogP contribution < -0.4 is 11.1 Å². The smallest absolute Gasteiger partial charge is 0.233 e. The Hall–Kier alpha value is -1.08. The summed E-state index contributed by atoms with van der Waals surface area (Å²) >= 11 is 1.50. The number of aromatic nitrogens is 3. The molecule has 1 saturated heterocycles. The van der Waals surface area contributed by atoms with Crippen LogP contribution >= 0.6 is 11.8 Å². The molecule has 7 heteroatoms. The Balaban J connectivity index is 2.12. The second-order valence-electron chi connectivity index (χ2n) is 4.24. The number of thioether (sulfide) groups is 1. The highest BCUT2D eigenvalue weighted by molar-refractivity contribution is 8.00. The molecule has 0 radical (unpaired) electrons. The van der Waals surface area contributed by atoms with E-state index in [2.05, 4.69) is 15.5 Å². The van der Waals surface area contributed by atoms with Crippen molar-refractivity contribution in [2.45, 2.75) is 49.7 Å². The van der Waals surface area contributed by atoms with Crippen LogP contribution in [0.3, 0.4) is 0 Å². The van der Waals surface area contributed by atoms with Gasteiger partial charge in [-0.2, -0.15) is 0 Å². The van der Waals surface area contributed by atoms with Gasteiger partial charge in [-0.25, -0.2) is 0 Å². The average Bonchev–Trinajstić information content (AvgIpc) is 2.67. The Morgan fingerprint density at radius 3 is 3.06 bits per heavy atom. The molecular formula is C11H19N5OS. The zero-order chi connectivity index (χ0) is 13.0. The van der Waals surface area contributed by atoms with E-state index >= 15 is 0 Å². The van der Waals surface area contributed by atoms with Crippen molar-refractivity contribution in [3.8, 4) is 0 Å². The zero-order valence-electron chi connectivity index (χ0n) is 10.6. The molecule has 1 atom stereocenters. The third kappa shape index (κ3) is 2.84. The maximum atomic E-state index is 11.9. The largest absolute Gasteiger partial charge is 0.355 e. The number of nitrogens with zero attached hydrogens (tertiary/aromatic N) is 3. The molecular weight excluding hydrogens is 250 g/mol. The topological polar surface area (TPSA) is 85.8 Å². The van der Waals surface area contributed by atoms with Gasteiger partial charge in [-0.1, -0.05) is 18.2 Å². The second-order valence-corrected chi connectivity index (χ2v) is 5.41. The summed E-state index contributed by atoms with van der Waals surface area (Å²) in [6.45, 7) is 3.96. The lowest BCUT2D eigenvalue weighted by Gasteiger charge is -2.12. The van der Waals surface area contributed by atoms with Crippen LogP contribution in [-0.2, 0) is 17.9 Å². The van der Waals surface area contributed by atoms with E-state index in [1.165, 1.54) is 11.8 Å². The summed E-state index contributed by atoms with van der Waals surface area (Å²) in [6.07, 6.45) is 3.02. The lowest BCUT2D eigenvalue weighted by molar-refractivity contribution is -0.120. The fourth-order valence-electron chi connectivity index (χ4n) is 2.03. The minimum Gasteiger partial charge on any atom is -0.355 e. The first-order valence-corrected chi connectivity index (χ1v) is 7.20. The van der Waals surface area contributed by atoms with Crippen molar-refractivity contribution >= 4 is 17.7 Å². The van der Waals surface area contributed by atoms with Gasteiger partial charge in [-0.15, -0.1) is 10.2 Å². The van der Waals surface area contributed by atoms with Gasteiger partial charge in [0.2, 0.25) is 5.91 Å². The standard InChI is InChI=1S/C11H19N5OS/c1-2-16-9(7-12)14-15-11(16)18-8-5-3-4-6-13-10(8)17/h8H,2-7,12H2,1H3,(H,13,17). The molecule has 2 heterocycles. The van der Waals surface area contributed by atoms with Crippen molar-refractivity contribution in [3.63, 3.8) is 0 Å². The lowest BCUT2D eigenvalue weighted by Crippen LogP contribution is -2.30. The van der Waals surface area contributed by atoms with Crippen LogP contribution in [0.5, 0.6) is 0 Å². The molecule has 2 rings (SSSR count). The average molecular weight is 269 g/mol. The summed E-state index contributed by atoms with van der Waals surface area (Å²) in [5, 5.41) is 11.8. The number of hydrogen-bond acceptors (Lipinski definition) is 5.